The minimum atomic E-state index is -5.05. The summed E-state index contributed by atoms with van der Waals surface area (Å²) in [6, 6.07) is 0. The molecule has 20 heavy (non-hydrogen) atoms. The minimum Gasteiger partial charge on any atom is -1.00 e. The average molecular weight is 389 g/mol. The molecule has 10 nitrogen and oxygen atoms in total. The van der Waals surface area contributed by atoms with Gasteiger partial charge in [0.15, 0.2) is 0 Å². The third-order valence-corrected chi connectivity index (χ3v) is 3.01. The van der Waals surface area contributed by atoms with Crippen LogP contribution < -0.4 is 109 Å². The summed E-state index contributed by atoms with van der Waals surface area (Å²) >= 11 is 0. The Morgan fingerprint density at radius 3 is 1.60 bits per heavy atom. The minimum absolute atomic E-state index is 0. The Bertz CT molecular complexity index is 320. The molecule has 0 rings (SSSR count). The van der Waals surface area contributed by atoms with E-state index in [1.807, 2.05) is 0 Å². The van der Waals surface area contributed by atoms with Gasteiger partial charge in [-0.3, -0.25) is 4.79 Å². The molecule has 0 unspecified atom stereocenters. The summed E-state index contributed by atoms with van der Waals surface area (Å²) in [6.45, 7) is 0.666. The van der Waals surface area contributed by atoms with Crippen LogP contribution in [-0.2, 0) is 18.2 Å². The van der Waals surface area contributed by atoms with Gasteiger partial charge >= 0.3 is 124 Å². The van der Waals surface area contributed by atoms with Crippen LogP contribution in [0.1, 0.15) is 28.5 Å². The Labute approximate surface area is 204 Å². The first kappa shape index (κ1) is 30.8. The molecule has 0 radical (unpaired) electrons. The van der Waals surface area contributed by atoms with Gasteiger partial charge in [-0.25, -0.2) is 9.13 Å². The molecule has 0 aromatic heterocycles. The van der Waals surface area contributed by atoms with Gasteiger partial charge in [-0.1, -0.05) is 6.42 Å². The number of nitrogens with two attached hydrogens (primary N) is 1. The number of aliphatic carboxylic acids is 1. The number of unbranched alkanes of at least 4 members (excludes halogenated alkanes) is 2. The molecule has 0 aliphatic rings. The van der Waals surface area contributed by atoms with Crippen LogP contribution in [0.3, 0.4) is 0 Å². The predicted molar refractivity (Wildman–Crippen MR) is 62.6 cm³/mol. The first-order valence-corrected chi connectivity index (χ1v) is 7.78. The zero-order valence-electron chi connectivity index (χ0n) is 13.4. The van der Waals surface area contributed by atoms with Crippen molar-refractivity contribution in [3.05, 3.63) is 0 Å². The number of hydrogen-bond donors (Lipinski definition) is 6. The Morgan fingerprint density at radius 1 is 1.00 bits per heavy atom. The normalized spacial score (nSPS) is 10.4. The SMILES string of the molecule is NCCCCCC(=O)O.O=P(O)(O)OP(=O)(O)O.[H-].[H-].[K+].[K+]. The maximum Gasteiger partial charge on any atom is 1.00 e. The van der Waals surface area contributed by atoms with Gasteiger partial charge in [-0.15, -0.1) is 0 Å². The molecule has 0 atom stereocenters. The Kier molecular flexibility index (Phi) is 25.9. The van der Waals surface area contributed by atoms with Crippen LogP contribution in [0.4, 0.5) is 0 Å². The quantitative estimate of drug-likeness (QED) is 0.139. The first-order valence-electron chi connectivity index (χ1n) is 4.72. The Balaban J connectivity index is -0.0000000492. The predicted octanol–water partition coefficient (Wildman–Crippen LogP) is -5.99. The van der Waals surface area contributed by atoms with Crippen LogP contribution in [0.15, 0.2) is 0 Å². The molecular formula is C6H19K2NO9P2. The molecule has 0 heterocycles. The number of carboxylic acids is 1. The van der Waals surface area contributed by atoms with E-state index < -0.39 is 21.6 Å². The molecular weight excluding hydrogens is 370 g/mol. The second kappa shape index (κ2) is 16.8. The van der Waals surface area contributed by atoms with E-state index in [9.17, 15) is 13.9 Å². The number of rotatable bonds is 7. The second-order valence-corrected chi connectivity index (χ2v) is 5.67. The van der Waals surface area contributed by atoms with Gasteiger partial charge in [0.1, 0.15) is 0 Å². The van der Waals surface area contributed by atoms with E-state index in [4.69, 9.17) is 30.4 Å². The summed E-state index contributed by atoms with van der Waals surface area (Å²) in [5, 5.41) is 8.18. The maximum atomic E-state index is 9.93. The van der Waals surface area contributed by atoms with Gasteiger partial charge in [0.2, 0.25) is 0 Å². The molecule has 0 aliphatic carbocycles. The fourth-order valence-electron chi connectivity index (χ4n) is 0.736. The van der Waals surface area contributed by atoms with Gasteiger partial charge < -0.3 is 33.3 Å². The number of carbonyl (C=O) groups is 1. The van der Waals surface area contributed by atoms with E-state index in [-0.39, 0.29) is 112 Å². The third kappa shape index (κ3) is 37.3. The van der Waals surface area contributed by atoms with Crippen molar-refractivity contribution in [1.29, 1.82) is 0 Å². The Hall–Kier alpha value is 2.96. The Morgan fingerprint density at radius 2 is 1.40 bits per heavy atom. The molecule has 0 aliphatic heterocycles. The first-order chi connectivity index (χ1) is 7.98. The van der Waals surface area contributed by atoms with Gasteiger partial charge in [0, 0.05) is 6.42 Å². The summed E-state index contributed by atoms with van der Waals surface area (Å²) in [6.07, 6.45) is 2.91. The third-order valence-electron chi connectivity index (χ3n) is 1.31. The van der Waals surface area contributed by atoms with Crippen molar-refractivity contribution in [2.45, 2.75) is 25.7 Å². The van der Waals surface area contributed by atoms with Crippen LogP contribution in [-0.4, -0.2) is 37.2 Å². The van der Waals surface area contributed by atoms with E-state index >= 15 is 0 Å². The van der Waals surface area contributed by atoms with Crippen molar-refractivity contribution >= 4 is 21.6 Å². The molecule has 7 N–H and O–H groups in total. The fourth-order valence-corrected chi connectivity index (χ4v) is 1.84. The summed E-state index contributed by atoms with van der Waals surface area (Å²) in [7, 11) is -10.1. The maximum absolute atomic E-state index is 9.93. The summed E-state index contributed by atoms with van der Waals surface area (Å²) < 4.78 is 22.2. The van der Waals surface area contributed by atoms with Crippen LogP contribution in [0.25, 0.3) is 0 Å². The van der Waals surface area contributed by atoms with Gasteiger partial charge in [0.05, 0.1) is 0 Å². The molecule has 0 amide bonds. The fraction of sp³-hybridized carbons (Fsp3) is 0.833. The molecule has 0 aromatic rings. The topological polar surface area (TPSA) is 188 Å². The van der Waals surface area contributed by atoms with Crippen molar-refractivity contribution in [3.8, 4) is 0 Å². The van der Waals surface area contributed by atoms with Crippen LogP contribution in [0.2, 0.25) is 0 Å². The molecule has 0 saturated heterocycles. The summed E-state index contributed by atoms with van der Waals surface area (Å²) in [4.78, 5) is 40.9. The number of phosphoric acid groups is 2. The van der Waals surface area contributed by atoms with Crippen molar-refractivity contribution < 1.29 is 149 Å². The monoisotopic (exact) mass is 389 g/mol. The molecule has 0 saturated carbocycles. The van der Waals surface area contributed by atoms with Crippen molar-refractivity contribution in [3.63, 3.8) is 0 Å². The average Bonchev–Trinajstić information content (AvgIpc) is 2.07. The van der Waals surface area contributed by atoms with E-state index in [1.165, 1.54) is 0 Å². The van der Waals surface area contributed by atoms with Crippen molar-refractivity contribution in [2.75, 3.05) is 6.54 Å². The van der Waals surface area contributed by atoms with E-state index in [2.05, 4.69) is 4.31 Å². The standard InChI is InChI=1S/C6H13NO2.2K.H4O7P2.2H/c7-5-3-1-2-4-6(8)9;;;1-8(2,3)7-9(4,5)6;;/h1-5,7H2,(H,8,9);;;(H2,1,2,3)(H2,4,5,6);;/q;2*+1;;2*-1. The molecule has 114 valence electrons. The largest absolute Gasteiger partial charge is 1.00 e. The summed E-state index contributed by atoms with van der Waals surface area (Å²) in [5.74, 6) is -0.716. The molecule has 0 bridgehead atoms. The second-order valence-electron chi connectivity index (χ2n) is 3.06. The molecule has 14 heteroatoms. The smallest absolute Gasteiger partial charge is 1.00 e. The van der Waals surface area contributed by atoms with Crippen LogP contribution in [0.5, 0.6) is 0 Å². The molecule has 0 spiro atoms. The number of carboxylic acid groups (broad SMARTS) is 1. The van der Waals surface area contributed by atoms with Gasteiger partial charge in [0.25, 0.3) is 0 Å². The molecule has 0 aromatic carbocycles. The number of hydrogen-bond acceptors (Lipinski definition) is 5. The zero-order valence-corrected chi connectivity index (χ0v) is 19.4. The van der Waals surface area contributed by atoms with Crippen molar-refractivity contribution in [1.82, 2.24) is 0 Å². The summed E-state index contributed by atoms with van der Waals surface area (Å²) in [5.41, 5.74) is 5.20. The van der Waals surface area contributed by atoms with Gasteiger partial charge in [-0.2, -0.15) is 4.31 Å². The zero-order chi connectivity index (χ0) is 14.8. The van der Waals surface area contributed by atoms with Crippen LogP contribution in [0, 0.1) is 0 Å². The molecule has 0 fully saturated rings. The van der Waals surface area contributed by atoms with E-state index in [1.54, 1.807) is 0 Å². The van der Waals surface area contributed by atoms with E-state index in [0.29, 0.717) is 6.54 Å². The van der Waals surface area contributed by atoms with Crippen LogP contribution >= 0.6 is 15.6 Å². The van der Waals surface area contributed by atoms with Crippen molar-refractivity contribution in [2.24, 2.45) is 5.73 Å². The van der Waals surface area contributed by atoms with E-state index in [0.717, 1.165) is 19.3 Å². The van der Waals surface area contributed by atoms with Gasteiger partial charge in [-0.05, 0) is 19.4 Å².